The average Bonchev–Trinajstić information content (AvgIpc) is 2.59. The standard InChI is InChI=1S/C17H18N4O3/c1-12-6-8-15(9-7-12)18-11-17(22)20-19-13(2)14-4-3-5-16(10-14)21(23)24/h3-10,18H,11H2,1-2H3,(H,20,22)/b19-13-. The maximum Gasteiger partial charge on any atom is 0.270 e. The first-order valence-corrected chi connectivity index (χ1v) is 7.34. The highest BCUT2D eigenvalue weighted by Crippen LogP contribution is 2.13. The molecule has 1 amide bonds. The molecule has 0 radical (unpaired) electrons. The summed E-state index contributed by atoms with van der Waals surface area (Å²) in [7, 11) is 0. The summed E-state index contributed by atoms with van der Waals surface area (Å²) in [4.78, 5) is 22.1. The lowest BCUT2D eigenvalue weighted by molar-refractivity contribution is -0.384. The number of carbonyl (C=O) groups excluding carboxylic acids is 1. The quantitative estimate of drug-likeness (QED) is 0.484. The van der Waals surface area contributed by atoms with E-state index in [0.717, 1.165) is 11.3 Å². The van der Waals surface area contributed by atoms with Crippen LogP contribution in [0.5, 0.6) is 0 Å². The molecular formula is C17H18N4O3. The van der Waals surface area contributed by atoms with Crippen LogP contribution < -0.4 is 10.7 Å². The fraction of sp³-hybridized carbons (Fsp3) is 0.176. The Hall–Kier alpha value is -3.22. The molecule has 0 aliphatic rings. The molecule has 0 unspecified atom stereocenters. The summed E-state index contributed by atoms with van der Waals surface area (Å²) in [5.74, 6) is -0.305. The molecule has 124 valence electrons. The molecule has 0 aliphatic carbocycles. The molecule has 0 spiro atoms. The van der Waals surface area contributed by atoms with E-state index in [2.05, 4.69) is 15.8 Å². The molecule has 2 rings (SSSR count). The molecule has 0 atom stereocenters. The van der Waals surface area contributed by atoms with Gasteiger partial charge >= 0.3 is 0 Å². The van der Waals surface area contributed by atoms with Crippen molar-refractivity contribution in [3.05, 3.63) is 69.8 Å². The van der Waals surface area contributed by atoms with E-state index in [1.165, 1.54) is 12.1 Å². The summed E-state index contributed by atoms with van der Waals surface area (Å²) in [6, 6.07) is 13.8. The van der Waals surface area contributed by atoms with Gasteiger partial charge in [0.15, 0.2) is 0 Å². The third kappa shape index (κ3) is 4.91. The molecule has 2 aromatic carbocycles. The van der Waals surface area contributed by atoms with Gasteiger partial charge in [0.25, 0.3) is 11.6 Å². The molecule has 2 N–H and O–H groups in total. The number of benzene rings is 2. The number of hydrazone groups is 1. The van der Waals surface area contributed by atoms with Crippen LogP contribution in [0.4, 0.5) is 11.4 Å². The zero-order chi connectivity index (χ0) is 17.5. The summed E-state index contributed by atoms with van der Waals surface area (Å²) in [6.45, 7) is 3.74. The van der Waals surface area contributed by atoms with Gasteiger partial charge in [-0.05, 0) is 26.0 Å². The van der Waals surface area contributed by atoms with Gasteiger partial charge in [0.05, 0.1) is 17.2 Å². The minimum Gasteiger partial charge on any atom is -0.376 e. The monoisotopic (exact) mass is 326 g/mol. The molecule has 7 nitrogen and oxygen atoms in total. The predicted octanol–water partition coefficient (Wildman–Crippen LogP) is 2.86. The third-order valence-corrected chi connectivity index (χ3v) is 3.33. The van der Waals surface area contributed by atoms with Crippen molar-refractivity contribution in [3.63, 3.8) is 0 Å². The van der Waals surface area contributed by atoms with E-state index < -0.39 is 4.92 Å². The third-order valence-electron chi connectivity index (χ3n) is 3.33. The van der Waals surface area contributed by atoms with Crippen molar-refractivity contribution in [1.29, 1.82) is 0 Å². The van der Waals surface area contributed by atoms with Gasteiger partial charge in [-0.2, -0.15) is 5.10 Å². The number of rotatable bonds is 6. The largest absolute Gasteiger partial charge is 0.376 e. The van der Waals surface area contributed by atoms with Gasteiger partial charge in [-0.3, -0.25) is 14.9 Å². The summed E-state index contributed by atoms with van der Waals surface area (Å²) < 4.78 is 0. The summed E-state index contributed by atoms with van der Waals surface area (Å²) in [5, 5.41) is 17.7. The molecular weight excluding hydrogens is 308 g/mol. The second kappa shape index (κ2) is 7.87. The number of amides is 1. The lowest BCUT2D eigenvalue weighted by Crippen LogP contribution is -2.26. The molecule has 24 heavy (non-hydrogen) atoms. The van der Waals surface area contributed by atoms with Crippen molar-refractivity contribution in [3.8, 4) is 0 Å². The van der Waals surface area contributed by atoms with E-state index in [4.69, 9.17) is 0 Å². The molecule has 0 fully saturated rings. The minimum absolute atomic E-state index is 0.0191. The number of anilines is 1. The molecule has 7 heteroatoms. The zero-order valence-electron chi connectivity index (χ0n) is 13.4. The number of nitrogens with one attached hydrogen (secondary N) is 2. The number of hydrogen-bond donors (Lipinski definition) is 2. The normalized spacial score (nSPS) is 11.0. The Morgan fingerprint density at radius 1 is 1.21 bits per heavy atom. The Bertz CT molecular complexity index is 770. The Morgan fingerprint density at radius 2 is 1.92 bits per heavy atom. The molecule has 0 saturated heterocycles. The van der Waals surface area contributed by atoms with Gasteiger partial charge in [-0.15, -0.1) is 0 Å². The minimum atomic E-state index is -0.471. The Labute approximate surface area is 139 Å². The Balaban J connectivity index is 1.91. The van der Waals surface area contributed by atoms with Crippen LogP contribution in [0.2, 0.25) is 0 Å². The van der Waals surface area contributed by atoms with E-state index in [0.29, 0.717) is 11.3 Å². The lowest BCUT2D eigenvalue weighted by Gasteiger charge is -2.06. The summed E-state index contributed by atoms with van der Waals surface area (Å²) in [5.41, 5.74) is 5.46. The first kappa shape index (κ1) is 17.1. The summed E-state index contributed by atoms with van der Waals surface area (Å²) >= 11 is 0. The van der Waals surface area contributed by atoms with E-state index in [1.807, 2.05) is 31.2 Å². The number of aryl methyl sites for hydroxylation is 1. The zero-order valence-corrected chi connectivity index (χ0v) is 13.4. The van der Waals surface area contributed by atoms with E-state index in [9.17, 15) is 14.9 Å². The van der Waals surface area contributed by atoms with Crippen molar-refractivity contribution in [2.45, 2.75) is 13.8 Å². The first-order valence-electron chi connectivity index (χ1n) is 7.34. The van der Waals surface area contributed by atoms with Crippen LogP contribution in [-0.2, 0) is 4.79 Å². The molecule has 0 aromatic heterocycles. The van der Waals surface area contributed by atoms with E-state index in [-0.39, 0.29) is 18.1 Å². The van der Waals surface area contributed by atoms with Crippen LogP contribution in [0.1, 0.15) is 18.1 Å². The number of non-ortho nitro benzene ring substituents is 1. The number of carbonyl (C=O) groups is 1. The Morgan fingerprint density at radius 3 is 2.58 bits per heavy atom. The molecule has 0 aliphatic heterocycles. The lowest BCUT2D eigenvalue weighted by atomic mass is 10.1. The topological polar surface area (TPSA) is 96.6 Å². The molecule has 0 saturated carbocycles. The first-order chi connectivity index (χ1) is 11.5. The van der Waals surface area contributed by atoms with E-state index in [1.54, 1.807) is 19.1 Å². The molecule has 2 aromatic rings. The highest BCUT2D eigenvalue weighted by atomic mass is 16.6. The number of hydrogen-bond acceptors (Lipinski definition) is 5. The second-order valence-electron chi connectivity index (χ2n) is 5.26. The van der Waals surface area contributed by atoms with Gasteiger partial charge < -0.3 is 5.32 Å². The van der Waals surface area contributed by atoms with Crippen molar-refractivity contribution in [1.82, 2.24) is 5.43 Å². The molecule has 0 heterocycles. The smallest absolute Gasteiger partial charge is 0.270 e. The SMILES string of the molecule is C/C(=N/NC(=O)CNc1ccc(C)cc1)c1cccc([N+](=O)[O-])c1. The Kier molecular flexibility index (Phi) is 5.62. The van der Waals surface area contributed by atoms with Crippen molar-refractivity contribution in [2.24, 2.45) is 5.10 Å². The van der Waals surface area contributed by atoms with Crippen LogP contribution >= 0.6 is 0 Å². The highest BCUT2D eigenvalue weighted by molar-refractivity contribution is 5.99. The van der Waals surface area contributed by atoms with Crippen LogP contribution in [0.25, 0.3) is 0 Å². The van der Waals surface area contributed by atoms with Crippen molar-refractivity contribution >= 4 is 23.0 Å². The van der Waals surface area contributed by atoms with Crippen LogP contribution in [-0.4, -0.2) is 23.1 Å². The van der Waals surface area contributed by atoms with Crippen LogP contribution in [0.15, 0.2) is 53.6 Å². The highest BCUT2D eigenvalue weighted by Gasteiger charge is 2.08. The van der Waals surface area contributed by atoms with Gasteiger partial charge in [0.2, 0.25) is 0 Å². The van der Waals surface area contributed by atoms with Gasteiger partial charge in [0.1, 0.15) is 0 Å². The van der Waals surface area contributed by atoms with Gasteiger partial charge in [-0.25, -0.2) is 5.43 Å². The van der Waals surface area contributed by atoms with E-state index >= 15 is 0 Å². The maximum absolute atomic E-state index is 11.8. The molecule has 0 bridgehead atoms. The predicted molar refractivity (Wildman–Crippen MR) is 93.1 cm³/mol. The fourth-order valence-corrected chi connectivity index (χ4v) is 1.95. The van der Waals surface area contributed by atoms with Crippen molar-refractivity contribution < 1.29 is 9.72 Å². The number of nitro groups is 1. The van der Waals surface area contributed by atoms with Crippen LogP contribution in [0, 0.1) is 17.0 Å². The van der Waals surface area contributed by atoms with Gasteiger partial charge in [0, 0.05) is 23.4 Å². The van der Waals surface area contributed by atoms with Gasteiger partial charge in [-0.1, -0.05) is 29.8 Å². The number of nitro benzene ring substituents is 1. The fourth-order valence-electron chi connectivity index (χ4n) is 1.95. The summed E-state index contributed by atoms with van der Waals surface area (Å²) in [6.07, 6.45) is 0. The maximum atomic E-state index is 11.8. The second-order valence-corrected chi connectivity index (χ2v) is 5.26. The average molecular weight is 326 g/mol. The van der Waals surface area contributed by atoms with Crippen molar-refractivity contribution in [2.75, 3.05) is 11.9 Å². The number of nitrogens with zero attached hydrogens (tertiary/aromatic N) is 2. The van der Waals surface area contributed by atoms with Crippen LogP contribution in [0.3, 0.4) is 0 Å².